The maximum absolute atomic E-state index is 11.9. The third-order valence-corrected chi connectivity index (χ3v) is 2.25. The van der Waals surface area contributed by atoms with Gasteiger partial charge >= 0.3 is 6.36 Å². The lowest BCUT2D eigenvalue weighted by molar-refractivity contribution is -0.274. The number of alkyl halides is 3. The number of aliphatic imine (C=N–C) groups is 2. The standard InChI is InChI=1S/C11H9F3N2O/c12-11(13,14)17-9-3-1-8(2-4-9)10-5-6-15-7-16-10/h1-4,6-7,10H,5H2. The van der Waals surface area contributed by atoms with E-state index >= 15 is 0 Å². The minimum atomic E-state index is -4.66. The SMILES string of the molecule is FC(F)(F)Oc1ccc(C2CC=NC=N2)cc1. The number of rotatable bonds is 2. The van der Waals surface area contributed by atoms with Crippen LogP contribution in [0, 0.1) is 0 Å². The first-order valence-electron chi connectivity index (χ1n) is 4.93. The second kappa shape index (κ2) is 4.57. The van der Waals surface area contributed by atoms with Crippen LogP contribution in [0.15, 0.2) is 34.3 Å². The molecule has 90 valence electrons. The lowest BCUT2D eigenvalue weighted by Crippen LogP contribution is -2.17. The fourth-order valence-corrected chi connectivity index (χ4v) is 1.50. The molecule has 1 aliphatic rings. The van der Waals surface area contributed by atoms with Gasteiger partial charge in [0.05, 0.1) is 6.04 Å². The van der Waals surface area contributed by atoms with Crippen LogP contribution in [0.25, 0.3) is 0 Å². The Bertz CT molecular complexity index is 437. The van der Waals surface area contributed by atoms with Crippen LogP contribution in [-0.2, 0) is 0 Å². The van der Waals surface area contributed by atoms with Crippen molar-refractivity contribution in [2.75, 3.05) is 0 Å². The minimum Gasteiger partial charge on any atom is -0.406 e. The molecular weight excluding hydrogens is 233 g/mol. The van der Waals surface area contributed by atoms with Gasteiger partial charge in [-0.1, -0.05) is 12.1 Å². The first-order chi connectivity index (χ1) is 8.04. The molecule has 0 fully saturated rings. The Hall–Kier alpha value is -1.85. The molecule has 1 aliphatic heterocycles. The first-order valence-corrected chi connectivity index (χ1v) is 4.93. The minimum absolute atomic E-state index is 0.0764. The maximum Gasteiger partial charge on any atom is 0.573 e. The molecule has 0 aromatic heterocycles. The van der Waals surface area contributed by atoms with E-state index < -0.39 is 6.36 Å². The highest BCUT2D eigenvalue weighted by Gasteiger charge is 2.31. The molecule has 1 aromatic carbocycles. The number of nitrogens with zero attached hydrogens (tertiary/aromatic N) is 2. The molecule has 0 saturated carbocycles. The molecule has 0 radical (unpaired) electrons. The topological polar surface area (TPSA) is 34.0 Å². The van der Waals surface area contributed by atoms with Gasteiger partial charge in [0.2, 0.25) is 0 Å². The van der Waals surface area contributed by atoms with Crippen molar-refractivity contribution in [2.24, 2.45) is 9.98 Å². The van der Waals surface area contributed by atoms with Gasteiger partial charge in [-0.25, -0.2) is 4.99 Å². The summed E-state index contributed by atoms with van der Waals surface area (Å²) in [5.41, 5.74) is 0.835. The smallest absolute Gasteiger partial charge is 0.406 e. The van der Waals surface area contributed by atoms with Gasteiger partial charge in [0.1, 0.15) is 12.1 Å². The number of hydrogen-bond acceptors (Lipinski definition) is 3. The van der Waals surface area contributed by atoms with E-state index in [9.17, 15) is 13.2 Å². The van der Waals surface area contributed by atoms with Crippen LogP contribution in [-0.4, -0.2) is 18.9 Å². The van der Waals surface area contributed by atoms with E-state index in [0.717, 1.165) is 5.56 Å². The fraction of sp³-hybridized carbons (Fsp3) is 0.273. The van der Waals surface area contributed by atoms with E-state index in [1.807, 2.05) is 0 Å². The van der Waals surface area contributed by atoms with Gasteiger partial charge in [-0.05, 0) is 17.7 Å². The zero-order valence-electron chi connectivity index (χ0n) is 8.69. The van der Waals surface area contributed by atoms with E-state index in [1.54, 1.807) is 18.3 Å². The number of hydrogen-bond donors (Lipinski definition) is 0. The molecule has 17 heavy (non-hydrogen) atoms. The molecule has 0 saturated heterocycles. The van der Waals surface area contributed by atoms with E-state index in [-0.39, 0.29) is 11.8 Å². The largest absolute Gasteiger partial charge is 0.573 e. The van der Waals surface area contributed by atoms with Gasteiger partial charge in [-0.3, -0.25) is 4.99 Å². The summed E-state index contributed by atoms with van der Waals surface area (Å²) in [7, 11) is 0. The molecule has 3 nitrogen and oxygen atoms in total. The summed E-state index contributed by atoms with van der Waals surface area (Å²) in [4.78, 5) is 7.95. The van der Waals surface area contributed by atoms with Crippen molar-refractivity contribution in [1.29, 1.82) is 0 Å². The van der Waals surface area contributed by atoms with Crippen molar-refractivity contribution in [3.05, 3.63) is 29.8 Å². The van der Waals surface area contributed by atoms with Crippen LogP contribution < -0.4 is 4.74 Å². The summed E-state index contributed by atoms with van der Waals surface area (Å²) < 4.78 is 39.6. The molecule has 1 atom stereocenters. The summed E-state index contributed by atoms with van der Waals surface area (Å²) >= 11 is 0. The molecule has 0 amide bonds. The lowest BCUT2D eigenvalue weighted by Gasteiger charge is -2.13. The second-order valence-corrected chi connectivity index (χ2v) is 3.46. The average Bonchev–Trinajstić information content (AvgIpc) is 2.29. The van der Waals surface area contributed by atoms with Gasteiger partial charge in [0.15, 0.2) is 0 Å². The van der Waals surface area contributed by atoms with Crippen molar-refractivity contribution < 1.29 is 17.9 Å². The molecule has 0 N–H and O–H groups in total. The Labute approximate surface area is 95.7 Å². The van der Waals surface area contributed by atoms with Gasteiger partial charge in [0.25, 0.3) is 0 Å². The Morgan fingerprint density at radius 3 is 2.41 bits per heavy atom. The third-order valence-electron chi connectivity index (χ3n) is 2.25. The molecule has 6 heteroatoms. The van der Waals surface area contributed by atoms with Crippen LogP contribution in [0.1, 0.15) is 18.0 Å². The highest BCUT2D eigenvalue weighted by molar-refractivity contribution is 5.75. The quantitative estimate of drug-likeness (QED) is 0.784. The van der Waals surface area contributed by atoms with Crippen molar-refractivity contribution >= 4 is 12.6 Å². The second-order valence-electron chi connectivity index (χ2n) is 3.46. The van der Waals surface area contributed by atoms with Crippen molar-refractivity contribution in [1.82, 2.24) is 0 Å². The Kier molecular flexibility index (Phi) is 3.12. The Balaban J connectivity index is 2.08. The molecule has 0 spiro atoms. The summed E-state index contributed by atoms with van der Waals surface area (Å²) in [5, 5.41) is 0. The predicted octanol–water partition coefficient (Wildman–Crippen LogP) is 3.13. The average molecular weight is 242 g/mol. The van der Waals surface area contributed by atoms with Gasteiger partial charge < -0.3 is 4.74 Å². The van der Waals surface area contributed by atoms with Gasteiger partial charge in [0, 0.05) is 12.6 Å². The van der Waals surface area contributed by atoms with E-state index in [4.69, 9.17) is 0 Å². The zero-order chi connectivity index (χ0) is 12.3. The fourth-order valence-electron chi connectivity index (χ4n) is 1.50. The monoisotopic (exact) mass is 242 g/mol. The van der Waals surface area contributed by atoms with E-state index in [1.165, 1.54) is 18.5 Å². The summed E-state index contributed by atoms with van der Waals surface area (Å²) in [6.45, 7) is 0. The summed E-state index contributed by atoms with van der Waals surface area (Å²) in [6.07, 6.45) is -0.848. The zero-order valence-corrected chi connectivity index (χ0v) is 8.69. The summed E-state index contributed by atoms with van der Waals surface area (Å²) in [5.74, 6) is -0.227. The highest BCUT2D eigenvalue weighted by atomic mass is 19.4. The number of halogens is 3. The predicted molar refractivity (Wildman–Crippen MR) is 57.5 cm³/mol. The van der Waals surface area contributed by atoms with Crippen LogP contribution in [0.4, 0.5) is 13.2 Å². The summed E-state index contributed by atoms with van der Waals surface area (Å²) in [6, 6.07) is 5.63. The van der Waals surface area contributed by atoms with Crippen molar-refractivity contribution in [3.63, 3.8) is 0 Å². The number of ether oxygens (including phenoxy) is 1. The van der Waals surface area contributed by atoms with Crippen molar-refractivity contribution in [2.45, 2.75) is 18.8 Å². The first kappa shape index (κ1) is 11.6. The van der Waals surface area contributed by atoms with Crippen LogP contribution >= 0.6 is 0 Å². The normalized spacial score (nSPS) is 19.4. The lowest BCUT2D eigenvalue weighted by atomic mass is 10.0. The van der Waals surface area contributed by atoms with Crippen molar-refractivity contribution in [3.8, 4) is 5.75 Å². The number of benzene rings is 1. The molecule has 1 unspecified atom stereocenters. The highest BCUT2D eigenvalue weighted by Crippen LogP contribution is 2.27. The molecule has 2 rings (SSSR count). The van der Waals surface area contributed by atoms with Crippen LogP contribution in [0.2, 0.25) is 0 Å². The Morgan fingerprint density at radius 2 is 1.88 bits per heavy atom. The van der Waals surface area contributed by atoms with Gasteiger partial charge in [-0.2, -0.15) is 0 Å². The van der Waals surface area contributed by atoms with E-state index in [0.29, 0.717) is 6.42 Å². The molecule has 0 bridgehead atoms. The molecule has 1 heterocycles. The van der Waals surface area contributed by atoms with Crippen LogP contribution in [0.5, 0.6) is 5.75 Å². The molecule has 0 aliphatic carbocycles. The Morgan fingerprint density at radius 1 is 1.18 bits per heavy atom. The van der Waals surface area contributed by atoms with E-state index in [2.05, 4.69) is 14.7 Å². The third kappa shape index (κ3) is 3.30. The molecular formula is C11H9F3N2O. The van der Waals surface area contributed by atoms with Crippen LogP contribution in [0.3, 0.4) is 0 Å². The maximum atomic E-state index is 11.9. The van der Waals surface area contributed by atoms with Gasteiger partial charge in [-0.15, -0.1) is 13.2 Å². The molecule has 1 aromatic rings.